The second kappa shape index (κ2) is 5.81. The predicted molar refractivity (Wildman–Crippen MR) is 69.4 cm³/mol. The second-order valence-corrected chi connectivity index (χ2v) is 5.89. The Morgan fingerprint density at radius 3 is 2.78 bits per heavy atom. The highest BCUT2D eigenvalue weighted by Crippen LogP contribution is 2.21. The molecule has 98 valence electrons. The lowest BCUT2D eigenvalue weighted by atomic mass is 10.2. The van der Waals surface area contributed by atoms with E-state index in [1.165, 1.54) is 0 Å². The van der Waals surface area contributed by atoms with Gasteiger partial charge in [0.05, 0.1) is 6.54 Å². The van der Waals surface area contributed by atoms with Crippen LogP contribution in [-0.2, 0) is 20.9 Å². The Balaban J connectivity index is 1.80. The third-order valence-electron chi connectivity index (χ3n) is 2.65. The Labute approximate surface area is 116 Å². The van der Waals surface area contributed by atoms with Crippen LogP contribution < -0.4 is 5.32 Å². The van der Waals surface area contributed by atoms with Crippen molar-refractivity contribution in [3.05, 3.63) is 20.8 Å². The minimum atomic E-state index is -1.01. The zero-order valence-electron chi connectivity index (χ0n) is 9.39. The van der Waals surface area contributed by atoms with Gasteiger partial charge in [0.25, 0.3) is 0 Å². The van der Waals surface area contributed by atoms with Gasteiger partial charge in [-0.1, -0.05) is 0 Å². The molecule has 2 N–H and O–H groups in total. The van der Waals surface area contributed by atoms with Crippen molar-refractivity contribution in [3.8, 4) is 0 Å². The normalized spacial score (nSPS) is 22.9. The molecule has 0 spiro atoms. The van der Waals surface area contributed by atoms with Gasteiger partial charge >= 0.3 is 5.97 Å². The van der Waals surface area contributed by atoms with E-state index in [1.807, 2.05) is 11.4 Å². The molecule has 18 heavy (non-hydrogen) atoms. The first kappa shape index (κ1) is 13.5. The van der Waals surface area contributed by atoms with Crippen molar-refractivity contribution in [2.45, 2.75) is 31.6 Å². The average molecular weight is 334 g/mol. The molecule has 2 unspecified atom stereocenters. The molecule has 0 aliphatic carbocycles. The summed E-state index contributed by atoms with van der Waals surface area (Å²) in [6, 6.07) is 1.93. The largest absolute Gasteiger partial charge is 0.479 e. The number of rotatable bonds is 4. The molecule has 2 atom stereocenters. The summed E-state index contributed by atoms with van der Waals surface area (Å²) < 4.78 is 6.15. The average Bonchev–Trinajstić information content (AvgIpc) is 2.94. The fraction of sp³-hybridized carbons (Fsp3) is 0.455. The van der Waals surface area contributed by atoms with Gasteiger partial charge in [0.1, 0.15) is 6.10 Å². The quantitative estimate of drug-likeness (QED) is 0.880. The summed E-state index contributed by atoms with van der Waals surface area (Å²) in [6.45, 7) is 0.437. The highest BCUT2D eigenvalue weighted by molar-refractivity contribution is 9.10. The van der Waals surface area contributed by atoms with E-state index in [0.717, 1.165) is 9.35 Å². The Morgan fingerprint density at radius 1 is 1.50 bits per heavy atom. The Hall–Kier alpha value is -0.920. The van der Waals surface area contributed by atoms with Crippen molar-refractivity contribution < 1.29 is 19.4 Å². The first-order chi connectivity index (χ1) is 8.56. The number of halogens is 1. The van der Waals surface area contributed by atoms with Crippen LogP contribution in [0, 0.1) is 0 Å². The first-order valence-electron chi connectivity index (χ1n) is 5.45. The molecule has 1 amide bonds. The minimum Gasteiger partial charge on any atom is -0.479 e. The summed E-state index contributed by atoms with van der Waals surface area (Å²) >= 11 is 4.88. The molecule has 0 bridgehead atoms. The fourth-order valence-corrected chi connectivity index (χ4v) is 3.14. The summed E-state index contributed by atoms with van der Waals surface area (Å²) in [7, 11) is 0. The number of nitrogens with one attached hydrogen (secondary N) is 1. The topological polar surface area (TPSA) is 75.6 Å². The summed E-state index contributed by atoms with van der Waals surface area (Å²) in [6.07, 6.45) is -0.652. The van der Waals surface area contributed by atoms with Crippen LogP contribution in [0.15, 0.2) is 15.9 Å². The predicted octanol–water partition coefficient (Wildman–Crippen LogP) is 1.76. The number of hydrogen-bond acceptors (Lipinski definition) is 4. The number of ether oxygens (including phenoxy) is 1. The van der Waals surface area contributed by atoms with Gasteiger partial charge in [-0.3, -0.25) is 4.79 Å². The maximum Gasteiger partial charge on any atom is 0.332 e. The zero-order valence-corrected chi connectivity index (χ0v) is 11.8. The van der Waals surface area contributed by atoms with Crippen LogP contribution in [0.3, 0.4) is 0 Å². The molecule has 2 rings (SSSR count). The number of amides is 1. The number of carboxylic acids is 1. The third-order valence-corrected chi connectivity index (χ3v) is 4.34. The van der Waals surface area contributed by atoms with E-state index in [9.17, 15) is 9.59 Å². The summed E-state index contributed by atoms with van der Waals surface area (Å²) in [4.78, 5) is 23.5. The SMILES string of the molecule is O=C(O)C1CCC(C(=O)NCc2cc(Br)cs2)O1. The maximum absolute atomic E-state index is 11.8. The Kier molecular flexibility index (Phi) is 4.36. The maximum atomic E-state index is 11.8. The molecule has 2 heterocycles. The number of carbonyl (C=O) groups excluding carboxylic acids is 1. The van der Waals surface area contributed by atoms with Gasteiger partial charge in [-0.15, -0.1) is 11.3 Å². The van der Waals surface area contributed by atoms with Crippen LogP contribution in [0.1, 0.15) is 17.7 Å². The van der Waals surface area contributed by atoms with Gasteiger partial charge in [-0.2, -0.15) is 0 Å². The van der Waals surface area contributed by atoms with Crippen molar-refractivity contribution in [2.75, 3.05) is 0 Å². The molecule has 1 fully saturated rings. The lowest BCUT2D eigenvalue weighted by Gasteiger charge is -2.11. The fourth-order valence-electron chi connectivity index (χ4n) is 1.75. The number of hydrogen-bond donors (Lipinski definition) is 2. The lowest BCUT2D eigenvalue weighted by Crippen LogP contribution is -2.35. The molecule has 1 aromatic heterocycles. The van der Waals surface area contributed by atoms with E-state index in [0.29, 0.717) is 19.4 Å². The second-order valence-electron chi connectivity index (χ2n) is 3.98. The van der Waals surface area contributed by atoms with Crippen LogP contribution >= 0.6 is 27.3 Å². The summed E-state index contributed by atoms with van der Waals surface area (Å²) in [5, 5.41) is 13.4. The third kappa shape index (κ3) is 3.30. The van der Waals surface area contributed by atoms with Crippen molar-refractivity contribution in [2.24, 2.45) is 0 Å². The van der Waals surface area contributed by atoms with E-state index < -0.39 is 18.2 Å². The zero-order chi connectivity index (χ0) is 13.1. The van der Waals surface area contributed by atoms with Crippen molar-refractivity contribution in [3.63, 3.8) is 0 Å². The van der Waals surface area contributed by atoms with Crippen molar-refractivity contribution >= 4 is 39.1 Å². The summed E-state index contributed by atoms with van der Waals surface area (Å²) in [5.74, 6) is -1.25. The van der Waals surface area contributed by atoms with Gasteiger partial charge in [0, 0.05) is 14.7 Å². The highest BCUT2D eigenvalue weighted by atomic mass is 79.9. The monoisotopic (exact) mass is 333 g/mol. The molecular formula is C11H12BrNO4S. The molecule has 1 aromatic rings. The molecule has 7 heteroatoms. The van der Waals surface area contributed by atoms with Crippen LogP contribution in [0.5, 0.6) is 0 Å². The van der Waals surface area contributed by atoms with Gasteiger partial charge in [0.15, 0.2) is 6.10 Å². The van der Waals surface area contributed by atoms with Crippen molar-refractivity contribution in [1.29, 1.82) is 0 Å². The molecule has 1 aliphatic heterocycles. The summed E-state index contributed by atoms with van der Waals surface area (Å²) in [5.41, 5.74) is 0. The Morgan fingerprint density at radius 2 is 2.22 bits per heavy atom. The Bertz CT molecular complexity index is 462. The molecule has 5 nitrogen and oxygen atoms in total. The molecular weight excluding hydrogens is 322 g/mol. The smallest absolute Gasteiger partial charge is 0.332 e. The molecule has 1 saturated heterocycles. The molecule has 0 saturated carbocycles. The number of thiophene rings is 1. The number of carbonyl (C=O) groups is 2. The van der Waals surface area contributed by atoms with Crippen LogP contribution in [-0.4, -0.2) is 29.2 Å². The number of aliphatic carboxylic acids is 1. The van der Waals surface area contributed by atoms with Crippen LogP contribution in [0.4, 0.5) is 0 Å². The van der Waals surface area contributed by atoms with E-state index in [2.05, 4.69) is 21.2 Å². The highest BCUT2D eigenvalue weighted by Gasteiger charge is 2.34. The standard InChI is InChI=1S/C11H12BrNO4S/c12-6-3-7(18-5-6)4-13-10(14)8-1-2-9(17-8)11(15)16/h3,5,8-9H,1-2,4H2,(H,13,14)(H,15,16). The van der Waals surface area contributed by atoms with E-state index in [1.54, 1.807) is 11.3 Å². The van der Waals surface area contributed by atoms with Gasteiger partial charge < -0.3 is 15.2 Å². The van der Waals surface area contributed by atoms with Crippen molar-refractivity contribution in [1.82, 2.24) is 5.32 Å². The minimum absolute atomic E-state index is 0.247. The van der Waals surface area contributed by atoms with Gasteiger partial charge in [0.2, 0.25) is 5.91 Å². The first-order valence-corrected chi connectivity index (χ1v) is 7.12. The molecule has 0 aromatic carbocycles. The van der Waals surface area contributed by atoms with E-state index >= 15 is 0 Å². The van der Waals surface area contributed by atoms with E-state index in [-0.39, 0.29) is 5.91 Å². The lowest BCUT2D eigenvalue weighted by molar-refractivity contribution is -0.151. The molecule has 0 radical (unpaired) electrons. The molecule has 1 aliphatic rings. The number of carboxylic acid groups (broad SMARTS) is 1. The van der Waals surface area contributed by atoms with Crippen LogP contribution in [0.2, 0.25) is 0 Å². The van der Waals surface area contributed by atoms with Gasteiger partial charge in [-0.05, 0) is 34.8 Å². The van der Waals surface area contributed by atoms with Crippen LogP contribution in [0.25, 0.3) is 0 Å². The van der Waals surface area contributed by atoms with Gasteiger partial charge in [-0.25, -0.2) is 4.79 Å². The van der Waals surface area contributed by atoms with E-state index in [4.69, 9.17) is 9.84 Å².